The van der Waals surface area contributed by atoms with Crippen molar-refractivity contribution in [2.75, 3.05) is 16.8 Å². The second kappa shape index (κ2) is 7.37. The number of para-hydroxylation sites is 1. The van der Waals surface area contributed by atoms with E-state index in [4.69, 9.17) is 0 Å². The fourth-order valence-electron chi connectivity index (χ4n) is 3.11. The lowest BCUT2D eigenvalue weighted by atomic mass is 10.1. The predicted octanol–water partition coefficient (Wildman–Crippen LogP) is 3.14. The number of hydrogen-bond donors (Lipinski definition) is 1. The summed E-state index contributed by atoms with van der Waals surface area (Å²) in [6, 6.07) is 19.0. The number of benzene rings is 2. The van der Waals surface area contributed by atoms with Gasteiger partial charge in [-0.15, -0.1) is 0 Å². The van der Waals surface area contributed by atoms with Gasteiger partial charge in [-0.05, 0) is 12.1 Å². The van der Waals surface area contributed by atoms with Crippen LogP contribution in [0.2, 0.25) is 0 Å². The topological polar surface area (TPSA) is 75.2 Å². The third-order valence-corrected chi connectivity index (χ3v) is 4.52. The van der Waals surface area contributed by atoms with Crippen LogP contribution in [-0.4, -0.2) is 28.3 Å². The van der Waals surface area contributed by atoms with Crippen LogP contribution in [0.3, 0.4) is 0 Å². The summed E-state index contributed by atoms with van der Waals surface area (Å²) in [5.41, 5.74) is 2.24. The minimum atomic E-state index is -0.397. The first-order valence-corrected chi connectivity index (χ1v) is 8.74. The zero-order chi connectivity index (χ0) is 18.6. The van der Waals surface area contributed by atoms with E-state index < -0.39 is 5.92 Å². The summed E-state index contributed by atoms with van der Waals surface area (Å²) in [6.45, 7) is 0.373. The van der Waals surface area contributed by atoms with Crippen molar-refractivity contribution in [1.82, 2.24) is 9.97 Å². The van der Waals surface area contributed by atoms with Gasteiger partial charge in [0.1, 0.15) is 0 Å². The van der Waals surface area contributed by atoms with Gasteiger partial charge in [0.25, 0.3) is 0 Å². The third-order valence-electron chi connectivity index (χ3n) is 4.52. The van der Waals surface area contributed by atoms with Gasteiger partial charge in [0.2, 0.25) is 11.8 Å². The number of amides is 2. The van der Waals surface area contributed by atoms with Crippen LogP contribution < -0.4 is 10.2 Å². The molecule has 1 aliphatic heterocycles. The number of nitrogens with zero attached hydrogens (tertiary/aromatic N) is 3. The summed E-state index contributed by atoms with van der Waals surface area (Å²) in [4.78, 5) is 35.1. The van der Waals surface area contributed by atoms with Crippen LogP contribution in [0.5, 0.6) is 0 Å². The molecule has 1 N–H and O–H groups in total. The summed E-state index contributed by atoms with van der Waals surface area (Å²) in [5.74, 6) is -0.0405. The van der Waals surface area contributed by atoms with Gasteiger partial charge in [0.05, 0.1) is 24.0 Å². The molecule has 6 nitrogen and oxygen atoms in total. The molecule has 2 aromatic carbocycles. The molecule has 6 heteroatoms. The van der Waals surface area contributed by atoms with E-state index in [1.807, 2.05) is 60.7 Å². The number of rotatable bonds is 4. The molecular formula is C21H18N4O2. The molecule has 4 rings (SSSR count). The van der Waals surface area contributed by atoms with Crippen LogP contribution >= 0.6 is 0 Å². The lowest BCUT2D eigenvalue weighted by Gasteiger charge is -2.16. The van der Waals surface area contributed by atoms with E-state index in [1.54, 1.807) is 17.3 Å². The molecule has 0 aliphatic carbocycles. The highest BCUT2D eigenvalue weighted by molar-refractivity contribution is 6.03. The number of nitrogens with one attached hydrogen (secondary N) is 1. The Morgan fingerprint density at radius 3 is 2.26 bits per heavy atom. The molecule has 134 valence electrons. The van der Waals surface area contributed by atoms with Gasteiger partial charge in [-0.25, -0.2) is 9.97 Å². The van der Waals surface area contributed by atoms with Crippen molar-refractivity contribution in [3.05, 3.63) is 73.1 Å². The molecule has 0 spiro atoms. The minimum absolute atomic E-state index is 0.0444. The molecule has 27 heavy (non-hydrogen) atoms. The van der Waals surface area contributed by atoms with Crippen LogP contribution in [0, 0.1) is 5.92 Å². The molecule has 0 radical (unpaired) electrons. The van der Waals surface area contributed by atoms with Crippen LogP contribution in [0.15, 0.2) is 73.1 Å². The van der Waals surface area contributed by atoms with Crippen molar-refractivity contribution < 1.29 is 9.59 Å². The first-order chi connectivity index (χ1) is 13.2. The van der Waals surface area contributed by atoms with E-state index in [2.05, 4.69) is 15.3 Å². The largest absolute Gasteiger partial charge is 0.323 e. The van der Waals surface area contributed by atoms with Gasteiger partial charge in [-0.3, -0.25) is 9.59 Å². The molecule has 1 atom stereocenters. The molecule has 1 fully saturated rings. The fraction of sp³-hybridized carbons (Fsp3) is 0.143. The average molecular weight is 358 g/mol. The van der Waals surface area contributed by atoms with Gasteiger partial charge < -0.3 is 10.2 Å². The van der Waals surface area contributed by atoms with E-state index in [0.717, 1.165) is 11.3 Å². The second-order valence-corrected chi connectivity index (χ2v) is 6.39. The van der Waals surface area contributed by atoms with Crippen LogP contribution in [-0.2, 0) is 9.59 Å². The molecule has 0 bridgehead atoms. The zero-order valence-corrected chi connectivity index (χ0v) is 14.6. The summed E-state index contributed by atoms with van der Waals surface area (Å²) >= 11 is 0. The quantitative estimate of drug-likeness (QED) is 0.777. The van der Waals surface area contributed by atoms with Crippen LogP contribution in [0.25, 0.3) is 11.4 Å². The van der Waals surface area contributed by atoms with Gasteiger partial charge in [-0.1, -0.05) is 48.5 Å². The standard InChI is InChI=1S/C21H18N4O2/c26-19-11-16(14-25(19)18-9-5-2-6-10-18)21(27)24-17-12-22-20(23-13-17)15-7-3-1-4-8-15/h1-10,12-13,16H,11,14H2,(H,24,27)/t16-/m0/s1. The number of hydrogen-bond acceptors (Lipinski definition) is 4. The molecule has 2 amide bonds. The highest BCUT2D eigenvalue weighted by atomic mass is 16.2. The van der Waals surface area contributed by atoms with E-state index >= 15 is 0 Å². The first-order valence-electron chi connectivity index (χ1n) is 8.74. The molecule has 0 saturated carbocycles. The number of anilines is 2. The normalized spacial score (nSPS) is 16.4. The lowest BCUT2D eigenvalue weighted by Crippen LogP contribution is -2.28. The summed E-state index contributed by atoms with van der Waals surface area (Å²) in [6.07, 6.45) is 3.36. The van der Waals surface area contributed by atoms with Gasteiger partial charge in [0, 0.05) is 24.2 Å². The highest BCUT2D eigenvalue weighted by Crippen LogP contribution is 2.25. The zero-order valence-electron chi connectivity index (χ0n) is 14.6. The van der Waals surface area contributed by atoms with Gasteiger partial charge >= 0.3 is 0 Å². The molecule has 1 aliphatic rings. The molecular weight excluding hydrogens is 340 g/mol. The molecule has 3 aromatic rings. The highest BCUT2D eigenvalue weighted by Gasteiger charge is 2.35. The monoisotopic (exact) mass is 358 g/mol. The Bertz CT molecular complexity index is 943. The molecule has 1 saturated heterocycles. The number of carbonyl (C=O) groups excluding carboxylic acids is 2. The number of aromatic nitrogens is 2. The Hall–Kier alpha value is -3.54. The maximum atomic E-state index is 12.5. The minimum Gasteiger partial charge on any atom is -0.323 e. The Morgan fingerprint density at radius 2 is 1.59 bits per heavy atom. The SMILES string of the molecule is O=C(Nc1cnc(-c2ccccc2)nc1)[C@H]1CC(=O)N(c2ccccc2)C1. The van der Waals surface area contributed by atoms with Gasteiger partial charge in [0.15, 0.2) is 5.82 Å². The lowest BCUT2D eigenvalue weighted by molar-refractivity contribution is -0.122. The number of carbonyl (C=O) groups is 2. The Kier molecular flexibility index (Phi) is 4.61. The van der Waals surface area contributed by atoms with Crippen molar-refractivity contribution in [2.24, 2.45) is 5.92 Å². The van der Waals surface area contributed by atoms with Crippen molar-refractivity contribution in [1.29, 1.82) is 0 Å². The molecule has 2 heterocycles. The Balaban J connectivity index is 1.41. The van der Waals surface area contributed by atoms with Crippen molar-refractivity contribution in [2.45, 2.75) is 6.42 Å². The second-order valence-electron chi connectivity index (χ2n) is 6.39. The third kappa shape index (κ3) is 3.69. The van der Waals surface area contributed by atoms with Crippen molar-refractivity contribution in [3.63, 3.8) is 0 Å². The summed E-state index contributed by atoms with van der Waals surface area (Å²) in [7, 11) is 0. The smallest absolute Gasteiger partial charge is 0.229 e. The molecule has 1 aromatic heterocycles. The summed E-state index contributed by atoms with van der Waals surface area (Å²) in [5, 5.41) is 2.81. The van der Waals surface area contributed by atoms with Crippen molar-refractivity contribution in [3.8, 4) is 11.4 Å². The van der Waals surface area contributed by atoms with E-state index in [-0.39, 0.29) is 18.2 Å². The van der Waals surface area contributed by atoms with E-state index in [0.29, 0.717) is 18.1 Å². The van der Waals surface area contributed by atoms with Crippen LogP contribution in [0.4, 0.5) is 11.4 Å². The van der Waals surface area contributed by atoms with Gasteiger partial charge in [-0.2, -0.15) is 0 Å². The van der Waals surface area contributed by atoms with Crippen molar-refractivity contribution >= 4 is 23.2 Å². The Labute approximate surface area is 156 Å². The fourth-order valence-corrected chi connectivity index (χ4v) is 3.11. The van der Waals surface area contributed by atoms with E-state index in [1.165, 1.54) is 0 Å². The maximum Gasteiger partial charge on any atom is 0.229 e. The summed E-state index contributed by atoms with van der Waals surface area (Å²) < 4.78 is 0. The maximum absolute atomic E-state index is 12.5. The predicted molar refractivity (Wildman–Crippen MR) is 103 cm³/mol. The first kappa shape index (κ1) is 16.9. The Morgan fingerprint density at radius 1 is 0.963 bits per heavy atom. The average Bonchev–Trinajstić information content (AvgIpc) is 3.12. The van der Waals surface area contributed by atoms with Crippen LogP contribution in [0.1, 0.15) is 6.42 Å². The van der Waals surface area contributed by atoms with E-state index in [9.17, 15) is 9.59 Å². The molecule has 0 unspecified atom stereocenters.